The largest absolute Gasteiger partial charge is 0.480 e. The summed E-state index contributed by atoms with van der Waals surface area (Å²) >= 11 is 1.51. The molecule has 0 aliphatic heterocycles. The number of carbonyl (C=O) groups is 1. The van der Waals surface area contributed by atoms with E-state index in [1.165, 1.54) is 11.8 Å². The van der Waals surface area contributed by atoms with E-state index in [1.807, 2.05) is 45.0 Å². The van der Waals surface area contributed by atoms with Crippen molar-refractivity contribution in [3.8, 4) is 0 Å². The minimum absolute atomic E-state index is 0.283. The maximum Gasteiger partial charge on any atom is 0.319 e. The first-order valence-corrected chi connectivity index (χ1v) is 7.68. The number of carboxylic acids is 1. The van der Waals surface area contributed by atoms with E-state index in [0.29, 0.717) is 6.42 Å². The topological polar surface area (TPSA) is 37.3 Å². The van der Waals surface area contributed by atoms with Gasteiger partial charge in [-0.05, 0) is 29.7 Å². The van der Waals surface area contributed by atoms with Crippen molar-refractivity contribution in [2.75, 3.05) is 0 Å². The van der Waals surface area contributed by atoms with Gasteiger partial charge in [-0.2, -0.15) is 0 Å². The summed E-state index contributed by atoms with van der Waals surface area (Å²) in [6.45, 7) is 5.89. The SMILES string of the molecule is CC(C)SC(C)(Cc1cccc2ccccc12)C(=O)O. The van der Waals surface area contributed by atoms with E-state index in [-0.39, 0.29) is 5.25 Å². The van der Waals surface area contributed by atoms with Crippen molar-refractivity contribution in [1.29, 1.82) is 0 Å². The van der Waals surface area contributed by atoms with Crippen LogP contribution in [0.5, 0.6) is 0 Å². The van der Waals surface area contributed by atoms with Crippen molar-refractivity contribution in [1.82, 2.24) is 0 Å². The first-order valence-electron chi connectivity index (χ1n) is 6.80. The second-order valence-electron chi connectivity index (χ2n) is 5.52. The quantitative estimate of drug-likeness (QED) is 0.887. The summed E-state index contributed by atoms with van der Waals surface area (Å²) in [5, 5.41) is 12.2. The molecule has 0 aliphatic carbocycles. The average Bonchev–Trinajstić information content (AvgIpc) is 2.38. The van der Waals surface area contributed by atoms with Gasteiger partial charge in [0.15, 0.2) is 0 Å². The molecule has 0 aliphatic rings. The number of aliphatic carboxylic acids is 1. The molecule has 0 saturated carbocycles. The Morgan fingerprint density at radius 1 is 1.20 bits per heavy atom. The Labute approximate surface area is 124 Å². The monoisotopic (exact) mass is 288 g/mol. The Kier molecular flexibility index (Phi) is 4.39. The van der Waals surface area contributed by atoms with Gasteiger partial charge in [-0.1, -0.05) is 56.3 Å². The highest BCUT2D eigenvalue weighted by atomic mass is 32.2. The maximum absolute atomic E-state index is 11.7. The van der Waals surface area contributed by atoms with Gasteiger partial charge >= 0.3 is 5.97 Å². The van der Waals surface area contributed by atoms with Crippen LogP contribution in [0.25, 0.3) is 10.8 Å². The van der Waals surface area contributed by atoms with Crippen LogP contribution >= 0.6 is 11.8 Å². The van der Waals surface area contributed by atoms with Crippen LogP contribution in [0, 0.1) is 0 Å². The number of hydrogen-bond acceptors (Lipinski definition) is 2. The van der Waals surface area contributed by atoms with Crippen molar-refractivity contribution in [2.45, 2.75) is 37.2 Å². The highest BCUT2D eigenvalue weighted by molar-refractivity contribution is 8.01. The van der Waals surface area contributed by atoms with Gasteiger partial charge in [0.05, 0.1) is 0 Å². The molecule has 1 unspecified atom stereocenters. The van der Waals surface area contributed by atoms with Crippen molar-refractivity contribution in [2.24, 2.45) is 0 Å². The summed E-state index contributed by atoms with van der Waals surface area (Å²) in [4.78, 5) is 11.7. The molecule has 2 aromatic carbocycles. The highest BCUT2D eigenvalue weighted by Crippen LogP contribution is 2.34. The van der Waals surface area contributed by atoms with Crippen molar-refractivity contribution in [3.05, 3.63) is 48.0 Å². The lowest BCUT2D eigenvalue weighted by molar-refractivity contribution is -0.139. The zero-order valence-corrected chi connectivity index (χ0v) is 12.9. The Bertz CT molecular complexity index is 616. The molecular formula is C17H20O2S. The number of rotatable bonds is 5. The van der Waals surface area contributed by atoms with Gasteiger partial charge in [0.25, 0.3) is 0 Å². The zero-order valence-electron chi connectivity index (χ0n) is 12.1. The van der Waals surface area contributed by atoms with Crippen LogP contribution in [0.2, 0.25) is 0 Å². The van der Waals surface area contributed by atoms with Gasteiger partial charge in [0.2, 0.25) is 0 Å². The lowest BCUT2D eigenvalue weighted by Gasteiger charge is -2.27. The van der Waals surface area contributed by atoms with E-state index in [0.717, 1.165) is 16.3 Å². The Morgan fingerprint density at radius 2 is 1.85 bits per heavy atom. The van der Waals surface area contributed by atoms with Crippen LogP contribution in [0.4, 0.5) is 0 Å². The van der Waals surface area contributed by atoms with Crippen LogP contribution in [0.3, 0.4) is 0 Å². The van der Waals surface area contributed by atoms with Crippen LogP contribution in [0.1, 0.15) is 26.3 Å². The molecule has 2 rings (SSSR count). The second-order valence-corrected chi connectivity index (χ2v) is 7.60. The van der Waals surface area contributed by atoms with Crippen molar-refractivity contribution >= 4 is 28.5 Å². The lowest BCUT2D eigenvalue weighted by atomic mass is 9.95. The molecular weight excluding hydrogens is 268 g/mol. The highest BCUT2D eigenvalue weighted by Gasteiger charge is 2.35. The second kappa shape index (κ2) is 5.88. The number of fused-ring (bicyclic) bond motifs is 1. The van der Waals surface area contributed by atoms with Crippen LogP contribution in [-0.2, 0) is 11.2 Å². The minimum Gasteiger partial charge on any atom is -0.480 e. The maximum atomic E-state index is 11.7. The zero-order chi connectivity index (χ0) is 14.8. The average molecular weight is 288 g/mol. The standard InChI is InChI=1S/C17H20O2S/c1-12(2)20-17(3,16(18)19)11-14-9-6-8-13-7-4-5-10-15(13)14/h4-10,12H,11H2,1-3H3,(H,18,19). The summed E-state index contributed by atoms with van der Waals surface area (Å²) in [5.74, 6) is -0.746. The Hall–Kier alpha value is -1.48. The van der Waals surface area contributed by atoms with Crippen LogP contribution in [0.15, 0.2) is 42.5 Å². The fourth-order valence-corrected chi connectivity index (χ4v) is 3.88. The Morgan fingerprint density at radius 3 is 2.50 bits per heavy atom. The van der Waals surface area contributed by atoms with Gasteiger partial charge in [0, 0.05) is 5.25 Å². The smallest absolute Gasteiger partial charge is 0.319 e. The van der Waals surface area contributed by atoms with E-state index < -0.39 is 10.7 Å². The third kappa shape index (κ3) is 3.15. The molecule has 20 heavy (non-hydrogen) atoms. The first kappa shape index (κ1) is 14.9. The number of thioether (sulfide) groups is 1. The van der Waals surface area contributed by atoms with Gasteiger partial charge < -0.3 is 5.11 Å². The molecule has 0 fully saturated rings. The third-order valence-electron chi connectivity index (χ3n) is 3.36. The fourth-order valence-electron chi connectivity index (χ4n) is 2.50. The molecule has 0 aromatic heterocycles. The van der Waals surface area contributed by atoms with E-state index in [1.54, 1.807) is 0 Å². The lowest BCUT2D eigenvalue weighted by Crippen LogP contribution is -2.35. The third-order valence-corrected chi connectivity index (χ3v) is 4.67. The summed E-state index contributed by atoms with van der Waals surface area (Å²) in [7, 11) is 0. The van der Waals surface area contributed by atoms with Crippen molar-refractivity contribution in [3.63, 3.8) is 0 Å². The molecule has 0 radical (unpaired) electrons. The van der Waals surface area contributed by atoms with E-state index >= 15 is 0 Å². The fraction of sp³-hybridized carbons (Fsp3) is 0.353. The molecule has 0 saturated heterocycles. The first-order chi connectivity index (χ1) is 9.42. The predicted octanol–water partition coefficient (Wildman–Crippen LogP) is 4.37. The van der Waals surface area contributed by atoms with Crippen LogP contribution in [-0.4, -0.2) is 21.1 Å². The Balaban J connectivity index is 2.41. The van der Waals surface area contributed by atoms with Crippen molar-refractivity contribution < 1.29 is 9.90 Å². The minimum atomic E-state index is -0.793. The number of carboxylic acid groups (broad SMARTS) is 1. The van der Waals surface area contributed by atoms with Gasteiger partial charge in [-0.25, -0.2) is 0 Å². The van der Waals surface area contributed by atoms with E-state index in [9.17, 15) is 9.90 Å². The molecule has 3 heteroatoms. The number of hydrogen-bond donors (Lipinski definition) is 1. The van der Waals surface area contributed by atoms with Gasteiger partial charge in [-0.3, -0.25) is 4.79 Å². The number of benzene rings is 2. The molecule has 0 amide bonds. The summed E-state index contributed by atoms with van der Waals surface area (Å²) in [5.41, 5.74) is 1.10. The van der Waals surface area contributed by atoms with Gasteiger partial charge in [-0.15, -0.1) is 11.8 Å². The molecule has 2 aromatic rings. The molecule has 106 valence electrons. The molecule has 0 heterocycles. The normalized spacial score (nSPS) is 14.4. The van der Waals surface area contributed by atoms with E-state index in [2.05, 4.69) is 18.2 Å². The van der Waals surface area contributed by atoms with E-state index in [4.69, 9.17) is 0 Å². The van der Waals surface area contributed by atoms with Gasteiger partial charge in [0.1, 0.15) is 4.75 Å². The summed E-state index contributed by atoms with van der Waals surface area (Å²) in [6.07, 6.45) is 0.534. The predicted molar refractivity (Wildman–Crippen MR) is 86.4 cm³/mol. The summed E-state index contributed by atoms with van der Waals surface area (Å²) < 4.78 is -0.793. The molecule has 1 atom stereocenters. The molecule has 1 N–H and O–H groups in total. The van der Waals surface area contributed by atoms with Crippen LogP contribution < -0.4 is 0 Å². The molecule has 2 nitrogen and oxygen atoms in total. The molecule has 0 bridgehead atoms. The summed E-state index contributed by atoms with van der Waals surface area (Å²) in [6, 6.07) is 14.2. The molecule has 0 spiro atoms.